The summed E-state index contributed by atoms with van der Waals surface area (Å²) in [5.41, 5.74) is 7.20. The number of aliphatic hydroxyl groups excluding tert-OH is 1. The van der Waals surface area contributed by atoms with Gasteiger partial charge in [-0.05, 0) is 30.0 Å². The van der Waals surface area contributed by atoms with E-state index in [4.69, 9.17) is 5.73 Å². The quantitative estimate of drug-likeness (QED) is 0.820. The Morgan fingerprint density at radius 1 is 1.44 bits per heavy atom. The van der Waals surface area contributed by atoms with Crippen molar-refractivity contribution in [2.75, 3.05) is 13.1 Å². The van der Waals surface area contributed by atoms with Crippen LogP contribution in [0.5, 0.6) is 0 Å². The zero-order chi connectivity index (χ0) is 13.1. The fourth-order valence-electron chi connectivity index (χ4n) is 2.20. The first-order chi connectivity index (χ1) is 8.61. The van der Waals surface area contributed by atoms with Gasteiger partial charge < -0.3 is 15.7 Å². The molecule has 0 aromatic heterocycles. The summed E-state index contributed by atoms with van der Waals surface area (Å²) in [7, 11) is 0. The van der Waals surface area contributed by atoms with Gasteiger partial charge in [-0.25, -0.2) is 0 Å². The molecule has 1 fully saturated rings. The van der Waals surface area contributed by atoms with Crippen LogP contribution in [0.3, 0.4) is 0 Å². The molecule has 2 unspecified atom stereocenters. The second-order valence-electron chi connectivity index (χ2n) is 4.99. The Balaban J connectivity index is 2.06. The lowest BCUT2D eigenvalue weighted by atomic mass is 9.95. The highest BCUT2D eigenvalue weighted by molar-refractivity contribution is 5.94. The van der Waals surface area contributed by atoms with Gasteiger partial charge in [0.1, 0.15) is 0 Å². The minimum atomic E-state index is -0.411. The van der Waals surface area contributed by atoms with Gasteiger partial charge in [-0.3, -0.25) is 4.79 Å². The number of carbonyl (C=O) groups is 1. The lowest BCUT2D eigenvalue weighted by Gasteiger charge is -2.34. The molecule has 18 heavy (non-hydrogen) atoms. The van der Waals surface area contributed by atoms with Crippen LogP contribution in [-0.4, -0.2) is 35.1 Å². The predicted molar refractivity (Wildman–Crippen MR) is 70.0 cm³/mol. The van der Waals surface area contributed by atoms with Gasteiger partial charge in [0.05, 0.1) is 6.10 Å². The molecule has 1 aromatic rings. The zero-order valence-electron chi connectivity index (χ0n) is 10.7. The Morgan fingerprint density at radius 2 is 2.11 bits per heavy atom. The van der Waals surface area contributed by atoms with Crippen LogP contribution in [0.25, 0.3) is 0 Å². The smallest absolute Gasteiger partial charge is 0.253 e. The van der Waals surface area contributed by atoms with Gasteiger partial charge >= 0.3 is 0 Å². The Hall–Kier alpha value is -1.39. The molecule has 2 rings (SSSR count). The normalized spacial score (nSPS) is 24.1. The number of nitrogens with zero attached hydrogens (tertiary/aromatic N) is 1. The molecule has 3 N–H and O–H groups in total. The van der Waals surface area contributed by atoms with Crippen molar-refractivity contribution in [1.29, 1.82) is 0 Å². The molecule has 1 heterocycles. The number of β-amino-alcohol motifs (C(OH)–C–C–N with tert-alkyl or cyclic N) is 1. The summed E-state index contributed by atoms with van der Waals surface area (Å²) in [6.07, 6.45) is 0.444. The molecule has 0 spiro atoms. The van der Waals surface area contributed by atoms with Crippen LogP contribution in [0.1, 0.15) is 29.3 Å². The topological polar surface area (TPSA) is 66.6 Å². The average Bonchev–Trinajstić information content (AvgIpc) is 2.41. The molecule has 1 aliphatic heterocycles. The minimum Gasteiger partial charge on any atom is -0.391 e. The summed E-state index contributed by atoms with van der Waals surface area (Å²) < 4.78 is 0. The predicted octanol–water partition coefficient (Wildman–Crippen LogP) is 0.988. The first kappa shape index (κ1) is 13.1. The van der Waals surface area contributed by atoms with E-state index in [2.05, 4.69) is 0 Å². The van der Waals surface area contributed by atoms with E-state index in [1.54, 1.807) is 17.0 Å². The van der Waals surface area contributed by atoms with E-state index >= 15 is 0 Å². The van der Waals surface area contributed by atoms with E-state index < -0.39 is 6.10 Å². The van der Waals surface area contributed by atoms with Gasteiger partial charge in [0.25, 0.3) is 5.91 Å². The number of hydrogen-bond acceptors (Lipinski definition) is 3. The fraction of sp³-hybridized carbons (Fsp3) is 0.500. The van der Waals surface area contributed by atoms with Crippen LogP contribution in [0, 0.1) is 5.92 Å². The van der Waals surface area contributed by atoms with E-state index in [-0.39, 0.29) is 11.8 Å². The maximum absolute atomic E-state index is 12.2. The number of piperidine rings is 1. The monoisotopic (exact) mass is 248 g/mol. The summed E-state index contributed by atoms with van der Waals surface area (Å²) >= 11 is 0. The molecule has 0 radical (unpaired) electrons. The van der Waals surface area contributed by atoms with E-state index in [0.29, 0.717) is 18.7 Å². The van der Waals surface area contributed by atoms with E-state index in [0.717, 1.165) is 18.5 Å². The molecule has 98 valence electrons. The third-order valence-corrected chi connectivity index (χ3v) is 3.64. The molecule has 4 nitrogen and oxygen atoms in total. The first-order valence-corrected chi connectivity index (χ1v) is 6.38. The molecule has 1 aromatic carbocycles. The number of hydrogen-bond donors (Lipinski definition) is 2. The molecular weight excluding hydrogens is 228 g/mol. The van der Waals surface area contributed by atoms with Gasteiger partial charge in [-0.2, -0.15) is 0 Å². The maximum Gasteiger partial charge on any atom is 0.253 e. The third-order valence-electron chi connectivity index (χ3n) is 3.64. The van der Waals surface area contributed by atoms with Crippen molar-refractivity contribution in [2.24, 2.45) is 11.7 Å². The molecule has 1 aliphatic rings. The molecule has 0 bridgehead atoms. The highest BCUT2D eigenvalue weighted by atomic mass is 16.3. The first-order valence-electron chi connectivity index (χ1n) is 6.38. The molecule has 1 saturated heterocycles. The SMILES string of the molecule is CC1CCN(C(=O)c2ccc(CN)cc2)CC1O. The Labute approximate surface area is 107 Å². The fourth-order valence-corrected chi connectivity index (χ4v) is 2.20. The summed E-state index contributed by atoms with van der Waals surface area (Å²) in [5.74, 6) is 0.262. The zero-order valence-corrected chi connectivity index (χ0v) is 10.7. The lowest BCUT2D eigenvalue weighted by molar-refractivity contribution is 0.0248. The van der Waals surface area contributed by atoms with Crippen molar-refractivity contribution in [1.82, 2.24) is 4.90 Å². The van der Waals surface area contributed by atoms with E-state index in [1.165, 1.54) is 0 Å². The van der Waals surface area contributed by atoms with Gasteiger partial charge in [-0.15, -0.1) is 0 Å². The van der Waals surface area contributed by atoms with Gasteiger partial charge in [0, 0.05) is 25.2 Å². The standard InChI is InChI=1S/C14H20N2O2/c1-10-6-7-16(9-13(10)17)14(18)12-4-2-11(8-15)3-5-12/h2-5,10,13,17H,6-9,15H2,1H3. The number of nitrogens with two attached hydrogens (primary N) is 1. The minimum absolute atomic E-state index is 0.00970. The third kappa shape index (κ3) is 2.71. The Bertz CT molecular complexity index is 416. The molecule has 1 amide bonds. The van der Waals surface area contributed by atoms with Crippen molar-refractivity contribution in [2.45, 2.75) is 26.0 Å². The van der Waals surface area contributed by atoms with Gasteiger partial charge in [0.15, 0.2) is 0 Å². The number of likely N-dealkylation sites (tertiary alicyclic amines) is 1. The van der Waals surface area contributed by atoms with Crippen LogP contribution in [0.4, 0.5) is 0 Å². The second kappa shape index (κ2) is 5.50. The number of amides is 1. The van der Waals surface area contributed by atoms with Crippen molar-refractivity contribution < 1.29 is 9.90 Å². The number of benzene rings is 1. The molecule has 0 aliphatic carbocycles. The van der Waals surface area contributed by atoms with Crippen LogP contribution in [0.2, 0.25) is 0 Å². The van der Waals surface area contributed by atoms with Gasteiger partial charge in [0.2, 0.25) is 0 Å². The molecular formula is C14H20N2O2. The van der Waals surface area contributed by atoms with E-state index in [1.807, 2.05) is 19.1 Å². The Morgan fingerprint density at radius 3 is 2.67 bits per heavy atom. The molecule has 2 atom stereocenters. The lowest BCUT2D eigenvalue weighted by Crippen LogP contribution is -2.45. The largest absolute Gasteiger partial charge is 0.391 e. The second-order valence-corrected chi connectivity index (χ2v) is 4.99. The van der Waals surface area contributed by atoms with Crippen LogP contribution in [0.15, 0.2) is 24.3 Å². The Kier molecular flexibility index (Phi) is 3.99. The summed E-state index contributed by atoms with van der Waals surface area (Å²) in [4.78, 5) is 14.0. The van der Waals surface area contributed by atoms with Crippen molar-refractivity contribution >= 4 is 5.91 Å². The number of carbonyl (C=O) groups excluding carboxylic acids is 1. The summed E-state index contributed by atoms with van der Waals surface area (Å²) in [5, 5.41) is 9.82. The number of rotatable bonds is 2. The van der Waals surface area contributed by atoms with Crippen molar-refractivity contribution in [3.8, 4) is 0 Å². The van der Waals surface area contributed by atoms with Crippen LogP contribution < -0.4 is 5.73 Å². The summed E-state index contributed by atoms with van der Waals surface area (Å²) in [6, 6.07) is 7.34. The average molecular weight is 248 g/mol. The number of aliphatic hydroxyl groups is 1. The maximum atomic E-state index is 12.2. The molecule has 0 saturated carbocycles. The molecule has 4 heteroatoms. The van der Waals surface area contributed by atoms with Crippen LogP contribution >= 0.6 is 0 Å². The van der Waals surface area contributed by atoms with E-state index in [9.17, 15) is 9.90 Å². The highest BCUT2D eigenvalue weighted by Crippen LogP contribution is 2.19. The van der Waals surface area contributed by atoms with Gasteiger partial charge in [-0.1, -0.05) is 19.1 Å². The van der Waals surface area contributed by atoms with Crippen molar-refractivity contribution in [3.05, 3.63) is 35.4 Å². The highest BCUT2D eigenvalue weighted by Gasteiger charge is 2.27. The summed E-state index contributed by atoms with van der Waals surface area (Å²) in [6.45, 7) is 3.64. The van der Waals surface area contributed by atoms with Crippen LogP contribution in [-0.2, 0) is 6.54 Å². The van der Waals surface area contributed by atoms with Crippen molar-refractivity contribution in [3.63, 3.8) is 0 Å².